The van der Waals surface area contributed by atoms with Gasteiger partial charge in [0.2, 0.25) is 0 Å². The summed E-state index contributed by atoms with van der Waals surface area (Å²) < 4.78 is 5.37. The summed E-state index contributed by atoms with van der Waals surface area (Å²) in [5.74, 6) is 0.570. The fourth-order valence-corrected chi connectivity index (χ4v) is 1.74. The van der Waals surface area contributed by atoms with Gasteiger partial charge in [-0.2, -0.15) is 0 Å². The first kappa shape index (κ1) is 12.9. The molecule has 3 N–H and O–H groups in total. The van der Waals surface area contributed by atoms with Crippen molar-refractivity contribution >= 4 is 5.82 Å². The van der Waals surface area contributed by atoms with Crippen molar-refractivity contribution in [2.75, 3.05) is 19.4 Å². The number of methoxy groups -OCH3 is 1. The molecular weight excluding hydrogens is 202 g/mol. The van der Waals surface area contributed by atoms with E-state index in [9.17, 15) is 0 Å². The topological polar surface area (TPSA) is 60.2 Å². The van der Waals surface area contributed by atoms with E-state index in [0.717, 1.165) is 17.7 Å². The third-order valence-corrected chi connectivity index (χ3v) is 2.69. The van der Waals surface area contributed by atoms with Crippen LogP contribution in [0.1, 0.15) is 31.0 Å². The summed E-state index contributed by atoms with van der Waals surface area (Å²) >= 11 is 0. The highest BCUT2D eigenvalue weighted by atomic mass is 16.5. The van der Waals surface area contributed by atoms with Gasteiger partial charge in [0.05, 0.1) is 12.1 Å². The van der Waals surface area contributed by atoms with Gasteiger partial charge in [-0.15, -0.1) is 0 Å². The van der Waals surface area contributed by atoms with Crippen LogP contribution in [0.2, 0.25) is 0 Å². The normalized spacial score (nSPS) is 14.8. The number of nitrogens with one attached hydrogen (secondary N) is 1. The van der Waals surface area contributed by atoms with Crippen molar-refractivity contribution in [1.82, 2.24) is 10.3 Å². The number of nitrogens with two attached hydrogens (primary N) is 1. The van der Waals surface area contributed by atoms with Gasteiger partial charge in [0.15, 0.2) is 0 Å². The monoisotopic (exact) mass is 223 g/mol. The Morgan fingerprint density at radius 3 is 2.81 bits per heavy atom. The molecule has 0 amide bonds. The van der Waals surface area contributed by atoms with E-state index in [0.29, 0.717) is 5.82 Å². The van der Waals surface area contributed by atoms with Crippen LogP contribution >= 0.6 is 0 Å². The summed E-state index contributed by atoms with van der Waals surface area (Å²) in [7, 11) is 1.70. The first-order chi connectivity index (χ1) is 7.60. The van der Waals surface area contributed by atoms with E-state index >= 15 is 0 Å². The molecule has 4 nitrogen and oxygen atoms in total. The number of hydrogen-bond donors (Lipinski definition) is 2. The first-order valence-corrected chi connectivity index (χ1v) is 5.58. The maximum absolute atomic E-state index is 5.91. The highest BCUT2D eigenvalue weighted by Gasteiger charge is 2.20. The van der Waals surface area contributed by atoms with E-state index in [1.807, 2.05) is 13.8 Å². The number of rotatable bonds is 5. The zero-order valence-electron chi connectivity index (χ0n) is 10.4. The van der Waals surface area contributed by atoms with Crippen molar-refractivity contribution in [1.29, 1.82) is 0 Å². The minimum absolute atomic E-state index is 0.0610. The molecule has 90 valence electrons. The molecule has 1 heterocycles. The van der Waals surface area contributed by atoms with Crippen LogP contribution in [0, 0.1) is 6.92 Å². The second-order valence-corrected chi connectivity index (χ2v) is 3.96. The number of aryl methyl sites for hydroxylation is 1. The average molecular weight is 223 g/mol. The Hall–Kier alpha value is -1.13. The van der Waals surface area contributed by atoms with Gasteiger partial charge >= 0.3 is 0 Å². The molecule has 1 aromatic heterocycles. The molecule has 0 aliphatic heterocycles. The summed E-state index contributed by atoms with van der Waals surface area (Å²) in [4.78, 5) is 4.18. The number of pyridine rings is 1. The Morgan fingerprint density at radius 2 is 2.25 bits per heavy atom. The number of nitrogens with zero attached hydrogens (tertiary/aromatic N) is 1. The summed E-state index contributed by atoms with van der Waals surface area (Å²) in [6.45, 7) is 6.96. The largest absolute Gasteiger partial charge is 0.383 e. The fraction of sp³-hybridized carbons (Fsp3) is 0.583. The maximum Gasteiger partial charge on any atom is 0.128 e. The van der Waals surface area contributed by atoms with Gasteiger partial charge in [-0.05, 0) is 32.0 Å². The van der Waals surface area contributed by atoms with Gasteiger partial charge in [0, 0.05) is 18.9 Å². The number of hydrogen-bond acceptors (Lipinski definition) is 4. The van der Waals surface area contributed by atoms with Crippen LogP contribution in [0.15, 0.2) is 12.3 Å². The van der Waals surface area contributed by atoms with Crippen molar-refractivity contribution in [3.05, 3.63) is 23.4 Å². The molecule has 0 aliphatic carbocycles. The summed E-state index contributed by atoms with van der Waals surface area (Å²) in [6, 6.07) is 2.15. The van der Waals surface area contributed by atoms with E-state index in [1.165, 1.54) is 0 Å². The average Bonchev–Trinajstić information content (AvgIpc) is 2.28. The molecule has 0 aliphatic rings. The number of ether oxygens (including phenoxy) is 1. The lowest BCUT2D eigenvalue weighted by Gasteiger charge is -2.25. The second-order valence-electron chi connectivity index (χ2n) is 3.96. The van der Waals surface area contributed by atoms with Crippen molar-refractivity contribution < 1.29 is 4.74 Å². The molecule has 0 aromatic carbocycles. The number of anilines is 1. The third-order valence-electron chi connectivity index (χ3n) is 2.69. The summed E-state index contributed by atoms with van der Waals surface area (Å²) in [6.07, 6.45) is 1.84. The number of nitrogen functional groups attached to an aromatic ring is 1. The predicted octanol–water partition coefficient (Wildman–Crippen LogP) is 1.66. The quantitative estimate of drug-likeness (QED) is 0.797. The molecule has 0 spiro atoms. The van der Waals surface area contributed by atoms with Gasteiger partial charge in [0.25, 0.3) is 0 Å². The molecule has 0 radical (unpaired) electrons. The zero-order valence-corrected chi connectivity index (χ0v) is 10.4. The molecular formula is C12H21N3O. The Labute approximate surface area is 97.2 Å². The highest BCUT2D eigenvalue weighted by molar-refractivity contribution is 5.43. The second kappa shape index (κ2) is 5.82. The van der Waals surface area contributed by atoms with E-state index in [-0.39, 0.29) is 12.1 Å². The molecule has 2 unspecified atom stereocenters. The number of aromatic nitrogens is 1. The van der Waals surface area contributed by atoms with Gasteiger partial charge in [-0.1, -0.05) is 6.92 Å². The van der Waals surface area contributed by atoms with E-state index in [2.05, 4.69) is 23.3 Å². The first-order valence-electron chi connectivity index (χ1n) is 5.58. The Balaban J connectivity index is 3.04. The van der Waals surface area contributed by atoms with Crippen molar-refractivity contribution in [2.45, 2.75) is 32.9 Å². The lowest BCUT2D eigenvalue weighted by Crippen LogP contribution is -2.32. The Bertz CT molecular complexity index is 341. The van der Waals surface area contributed by atoms with E-state index < -0.39 is 0 Å². The molecule has 1 rings (SSSR count). The smallest absolute Gasteiger partial charge is 0.128 e. The molecule has 0 bridgehead atoms. The van der Waals surface area contributed by atoms with Crippen LogP contribution in [0.25, 0.3) is 0 Å². The van der Waals surface area contributed by atoms with E-state index in [1.54, 1.807) is 13.3 Å². The third kappa shape index (κ3) is 2.93. The molecule has 0 saturated carbocycles. The van der Waals surface area contributed by atoms with Crippen LogP contribution in [0.4, 0.5) is 5.82 Å². The molecule has 2 atom stereocenters. The van der Waals surface area contributed by atoms with Crippen LogP contribution in [-0.2, 0) is 4.74 Å². The molecule has 16 heavy (non-hydrogen) atoms. The molecule has 0 fully saturated rings. The van der Waals surface area contributed by atoms with Gasteiger partial charge < -0.3 is 15.8 Å². The number of likely N-dealkylation sites (N-methyl/N-ethyl adjacent to an activating group) is 1. The van der Waals surface area contributed by atoms with E-state index in [4.69, 9.17) is 10.5 Å². The molecule has 4 heteroatoms. The van der Waals surface area contributed by atoms with Crippen LogP contribution in [0.3, 0.4) is 0 Å². The van der Waals surface area contributed by atoms with Crippen LogP contribution in [0.5, 0.6) is 0 Å². The maximum atomic E-state index is 5.91. The van der Waals surface area contributed by atoms with Gasteiger partial charge in [-0.25, -0.2) is 4.98 Å². The summed E-state index contributed by atoms with van der Waals surface area (Å²) in [5, 5.41) is 3.37. The van der Waals surface area contributed by atoms with Crippen LogP contribution < -0.4 is 11.1 Å². The van der Waals surface area contributed by atoms with Crippen molar-refractivity contribution in [2.24, 2.45) is 0 Å². The lowest BCUT2D eigenvalue weighted by atomic mass is 10.0. The Morgan fingerprint density at radius 1 is 1.56 bits per heavy atom. The van der Waals surface area contributed by atoms with Gasteiger partial charge in [0.1, 0.15) is 5.82 Å². The fourth-order valence-electron chi connectivity index (χ4n) is 1.74. The highest BCUT2D eigenvalue weighted by Crippen LogP contribution is 2.23. The lowest BCUT2D eigenvalue weighted by molar-refractivity contribution is 0.0837. The van der Waals surface area contributed by atoms with Crippen LogP contribution in [-0.4, -0.2) is 24.7 Å². The molecule has 1 aromatic rings. The SMILES string of the molecule is CCNC(c1cc(C)cnc1N)C(C)OC. The standard InChI is InChI=1S/C12H21N3O/c1-5-14-11(9(3)16-4)10-6-8(2)7-15-12(10)13/h6-7,9,11,14H,5H2,1-4H3,(H2,13,15). The minimum Gasteiger partial charge on any atom is -0.383 e. The van der Waals surface area contributed by atoms with Crippen molar-refractivity contribution in [3.8, 4) is 0 Å². The van der Waals surface area contributed by atoms with Crippen molar-refractivity contribution in [3.63, 3.8) is 0 Å². The minimum atomic E-state index is 0.0610. The van der Waals surface area contributed by atoms with Gasteiger partial charge in [-0.3, -0.25) is 0 Å². The Kier molecular flexibility index (Phi) is 4.71. The predicted molar refractivity (Wildman–Crippen MR) is 66.3 cm³/mol. The molecule has 0 saturated heterocycles. The zero-order chi connectivity index (χ0) is 12.1. The summed E-state index contributed by atoms with van der Waals surface area (Å²) in [5.41, 5.74) is 8.02.